The number of carbonyl (C=O) groups excluding carboxylic acids is 1. The van der Waals surface area contributed by atoms with Crippen molar-refractivity contribution >= 4 is 5.91 Å². The summed E-state index contributed by atoms with van der Waals surface area (Å²) in [6.45, 7) is 1.88. The predicted octanol–water partition coefficient (Wildman–Crippen LogP) is 2.42. The minimum Gasteiger partial charge on any atom is -0.481 e. The molecule has 110 valence electrons. The molecule has 4 nitrogen and oxygen atoms in total. The highest BCUT2D eigenvalue weighted by Gasteiger charge is 2.16. The summed E-state index contributed by atoms with van der Waals surface area (Å²) in [5.41, 5.74) is 4.58. The molecule has 0 aliphatic carbocycles. The molecule has 1 atom stereocenters. The molecule has 2 aromatic rings. The van der Waals surface area contributed by atoms with Crippen LogP contribution >= 0.6 is 0 Å². The molecule has 1 amide bonds. The van der Waals surface area contributed by atoms with Gasteiger partial charge in [0.15, 0.2) is 6.10 Å². The number of hydrazine groups is 1. The number of nitrogens with one attached hydrogen (secondary N) is 1. The average molecular weight is 284 g/mol. The molecule has 0 aliphatic rings. The topological polar surface area (TPSA) is 64.3 Å². The van der Waals surface area contributed by atoms with Gasteiger partial charge in [-0.1, -0.05) is 49.4 Å². The fourth-order valence-corrected chi connectivity index (χ4v) is 2.10. The highest BCUT2D eigenvalue weighted by atomic mass is 16.5. The molecule has 0 saturated heterocycles. The lowest BCUT2D eigenvalue weighted by atomic mass is 10.1. The first kappa shape index (κ1) is 15.1. The van der Waals surface area contributed by atoms with E-state index in [0.29, 0.717) is 12.2 Å². The Balaban J connectivity index is 2.00. The van der Waals surface area contributed by atoms with Crippen LogP contribution in [0.5, 0.6) is 5.75 Å². The first-order chi connectivity index (χ1) is 10.2. The molecule has 0 bridgehead atoms. The molecule has 21 heavy (non-hydrogen) atoms. The number of hydrogen-bond acceptors (Lipinski definition) is 3. The highest BCUT2D eigenvalue weighted by Crippen LogP contribution is 2.17. The number of ether oxygens (including phenoxy) is 1. The predicted molar refractivity (Wildman–Crippen MR) is 82.7 cm³/mol. The van der Waals surface area contributed by atoms with E-state index >= 15 is 0 Å². The van der Waals surface area contributed by atoms with Crippen LogP contribution in [0, 0.1) is 0 Å². The largest absolute Gasteiger partial charge is 0.481 e. The summed E-state index contributed by atoms with van der Waals surface area (Å²) in [7, 11) is 0. The van der Waals surface area contributed by atoms with Gasteiger partial charge in [-0.3, -0.25) is 10.2 Å². The van der Waals surface area contributed by atoms with Gasteiger partial charge in [0, 0.05) is 0 Å². The quantitative estimate of drug-likeness (QED) is 0.486. The van der Waals surface area contributed by atoms with Crippen molar-refractivity contribution in [1.82, 2.24) is 5.43 Å². The third-order valence-electron chi connectivity index (χ3n) is 3.26. The van der Waals surface area contributed by atoms with Gasteiger partial charge in [0.05, 0.1) is 0 Å². The highest BCUT2D eigenvalue weighted by molar-refractivity contribution is 5.80. The molecule has 0 fully saturated rings. The van der Waals surface area contributed by atoms with Crippen LogP contribution in [-0.2, 0) is 11.2 Å². The smallest absolute Gasteiger partial charge is 0.274 e. The van der Waals surface area contributed by atoms with E-state index in [1.54, 1.807) is 0 Å². The number of rotatable bonds is 6. The molecule has 0 spiro atoms. The standard InChI is InChI=1S/C17H20N2O2/c1-2-16(17(20)19-18)21-15-10-8-14(9-11-15)12-13-6-4-3-5-7-13/h3-11,16H,2,12,18H2,1H3,(H,19,20). The van der Waals surface area contributed by atoms with Gasteiger partial charge in [0.1, 0.15) is 5.75 Å². The maximum Gasteiger partial charge on any atom is 0.274 e. The molecule has 3 N–H and O–H groups in total. The summed E-state index contributed by atoms with van der Waals surface area (Å²) in [5, 5.41) is 0. The van der Waals surface area contributed by atoms with E-state index < -0.39 is 6.10 Å². The van der Waals surface area contributed by atoms with E-state index in [0.717, 1.165) is 6.42 Å². The Hall–Kier alpha value is -2.33. The number of carbonyl (C=O) groups is 1. The second-order valence-corrected chi connectivity index (χ2v) is 4.83. The average Bonchev–Trinajstić information content (AvgIpc) is 2.54. The van der Waals surface area contributed by atoms with Crippen LogP contribution < -0.4 is 16.0 Å². The monoisotopic (exact) mass is 284 g/mol. The zero-order chi connectivity index (χ0) is 15.1. The summed E-state index contributed by atoms with van der Waals surface area (Å²) >= 11 is 0. The maximum atomic E-state index is 11.5. The zero-order valence-electron chi connectivity index (χ0n) is 12.1. The summed E-state index contributed by atoms with van der Waals surface area (Å²) in [6, 6.07) is 18.1. The molecule has 0 aliphatic heterocycles. The second-order valence-electron chi connectivity index (χ2n) is 4.83. The molecule has 0 radical (unpaired) electrons. The number of benzene rings is 2. The maximum absolute atomic E-state index is 11.5. The van der Waals surface area contributed by atoms with Crippen molar-refractivity contribution in [3.8, 4) is 5.75 Å². The van der Waals surface area contributed by atoms with E-state index in [2.05, 4.69) is 17.6 Å². The van der Waals surface area contributed by atoms with Gasteiger partial charge in [-0.05, 0) is 36.1 Å². The van der Waals surface area contributed by atoms with Crippen LogP contribution in [0.3, 0.4) is 0 Å². The van der Waals surface area contributed by atoms with E-state index in [9.17, 15) is 4.79 Å². The van der Waals surface area contributed by atoms with Gasteiger partial charge < -0.3 is 4.74 Å². The molecule has 0 saturated carbocycles. The first-order valence-corrected chi connectivity index (χ1v) is 7.03. The molecular formula is C17H20N2O2. The Labute approximate surface area is 124 Å². The second kappa shape index (κ2) is 7.45. The van der Waals surface area contributed by atoms with Crippen molar-refractivity contribution in [2.75, 3.05) is 0 Å². The molecule has 0 aromatic heterocycles. The first-order valence-electron chi connectivity index (χ1n) is 7.03. The Kier molecular flexibility index (Phi) is 5.35. The summed E-state index contributed by atoms with van der Waals surface area (Å²) in [6.07, 6.45) is 0.881. The van der Waals surface area contributed by atoms with Crippen molar-refractivity contribution in [1.29, 1.82) is 0 Å². The van der Waals surface area contributed by atoms with Gasteiger partial charge in [-0.15, -0.1) is 0 Å². The van der Waals surface area contributed by atoms with Crippen molar-refractivity contribution in [2.45, 2.75) is 25.9 Å². The van der Waals surface area contributed by atoms with E-state index in [-0.39, 0.29) is 5.91 Å². The fraction of sp³-hybridized carbons (Fsp3) is 0.235. The van der Waals surface area contributed by atoms with Gasteiger partial charge in [0.25, 0.3) is 5.91 Å². The minimum absolute atomic E-state index is 0.314. The van der Waals surface area contributed by atoms with Crippen LogP contribution in [0.1, 0.15) is 24.5 Å². The van der Waals surface area contributed by atoms with E-state index in [4.69, 9.17) is 10.6 Å². The minimum atomic E-state index is -0.560. The molecule has 2 aromatic carbocycles. The number of nitrogens with two attached hydrogens (primary N) is 1. The van der Waals surface area contributed by atoms with Gasteiger partial charge in [-0.2, -0.15) is 0 Å². The van der Waals surface area contributed by atoms with Crippen LogP contribution in [0.2, 0.25) is 0 Å². The Bertz CT molecular complexity index is 567. The Morgan fingerprint density at radius 1 is 1.10 bits per heavy atom. The molecule has 4 heteroatoms. The summed E-state index contributed by atoms with van der Waals surface area (Å²) in [5.74, 6) is 5.49. The van der Waals surface area contributed by atoms with Crippen LogP contribution in [0.25, 0.3) is 0 Å². The normalized spacial score (nSPS) is 11.7. The molecule has 2 rings (SSSR count). The van der Waals surface area contributed by atoms with Gasteiger partial charge in [0.2, 0.25) is 0 Å². The zero-order valence-corrected chi connectivity index (χ0v) is 12.1. The van der Waals surface area contributed by atoms with Crippen molar-refractivity contribution < 1.29 is 9.53 Å². The Morgan fingerprint density at radius 2 is 1.71 bits per heavy atom. The lowest BCUT2D eigenvalue weighted by Gasteiger charge is -2.16. The molecular weight excluding hydrogens is 264 g/mol. The summed E-state index contributed by atoms with van der Waals surface area (Å²) in [4.78, 5) is 11.5. The molecule has 1 unspecified atom stereocenters. The van der Waals surface area contributed by atoms with Gasteiger partial charge >= 0.3 is 0 Å². The SMILES string of the molecule is CCC(Oc1ccc(Cc2ccccc2)cc1)C(=O)NN. The van der Waals surface area contributed by atoms with E-state index in [1.165, 1.54) is 11.1 Å². The number of hydrogen-bond donors (Lipinski definition) is 2. The summed E-state index contributed by atoms with van der Waals surface area (Å²) < 4.78 is 5.63. The lowest BCUT2D eigenvalue weighted by molar-refractivity contribution is -0.128. The van der Waals surface area contributed by atoms with Gasteiger partial charge in [-0.25, -0.2) is 5.84 Å². The van der Waals surface area contributed by atoms with E-state index in [1.807, 2.05) is 49.4 Å². The molecule has 0 heterocycles. The van der Waals surface area contributed by atoms with Crippen LogP contribution in [0.4, 0.5) is 0 Å². The van der Waals surface area contributed by atoms with Crippen LogP contribution in [0.15, 0.2) is 54.6 Å². The lowest BCUT2D eigenvalue weighted by Crippen LogP contribution is -2.41. The number of amides is 1. The van der Waals surface area contributed by atoms with Crippen molar-refractivity contribution in [3.05, 3.63) is 65.7 Å². The van der Waals surface area contributed by atoms with Crippen LogP contribution in [-0.4, -0.2) is 12.0 Å². The third-order valence-corrected chi connectivity index (χ3v) is 3.26. The third kappa shape index (κ3) is 4.33. The Morgan fingerprint density at radius 3 is 2.29 bits per heavy atom. The van der Waals surface area contributed by atoms with Crippen molar-refractivity contribution in [3.63, 3.8) is 0 Å². The fourth-order valence-electron chi connectivity index (χ4n) is 2.10. The van der Waals surface area contributed by atoms with Crippen molar-refractivity contribution in [2.24, 2.45) is 5.84 Å².